The largest absolute Gasteiger partial charge is 0.225 e. The molecule has 84 valence electrons. The van der Waals surface area contributed by atoms with Crippen LogP contribution >= 0.6 is 11.6 Å². The monoisotopic (exact) mass is 255 g/mol. The lowest BCUT2D eigenvalue weighted by Crippen LogP contribution is -2.24. The Kier molecular flexibility index (Phi) is 4.01. The molecule has 1 aromatic rings. The number of rotatable bonds is 4. The van der Waals surface area contributed by atoms with E-state index in [0.717, 1.165) is 6.07 Å². The van der Waals surface area contributed by atoms with Gasteiger partial charge in [-0.05, 0) is 6.07 Å². The van der Waals surface area contributed by atoms with Gasteiger partial charge in [0.15, 0.2) is 0 Å². The molecule has 0 saturated carbocycles. The molecule has 1 N–H and O–H groups in total. The van der Waals surface area contributed by atoms with E-state index >= 15 is 0 Å². The molecule has 7 heteroatoms. The minimum absolute atomic E-state index is 0.0603. The summed E-state index contributed by atoms with van der Waals surface area (Å²) in [4.78, 5) is 0. The number of sulfonamides is 1. The molecule has 15 heavy (non-hydrogen) atoms. The van der Waals surface area contributed by atoms with Crippen molar-refractivity contribution in [1.82, 2.24) is 4.72 Å². The summed E-state index contributed by atoms with van der Waals surface area (Å²) in [6.45, 7) is -0.249. The first-order chi connectivity index (χ1) is 6.94. The standard InChI is InChI=1S/C8H8ClF2NO2S/c9-5-15(13,14)12-4-6-1-2-7(10)3-8(6)11/h1-3,12H,4-5H2. The smallest absolute Gasteiger partial charge is 0.211 e. The lowest BCUT2D eigenvalue weighted by molar-refractivity contribution is 0.564. The second kappa shape index (κ2) is 4.87. The molecule has 0 heterocycles. The first kappa shape index (κ1) is 12.4. The van der Waals surface area contributed by atoms with Crippen LogP contribution in [0.25, 0.3) is 0 Å². The van der Waals surface area contributed by atoms with Crippen molar-refractivity contribution in [3.63, 3.8) is 0 Å². The molecule has 1 rings (SSSR count). The van der Waals surface area contributed by atoms with Crippen molar-refractivity contribution in [2.75, 3.05) is 5.21 Å². The van der Waals surface area contributed by atoms with E-state index < -0.39 is 26.9 Å². The molecule has 0 aliphatic carbocycles. The van der Waals surface area contributed by atoms with Crippen LogP contribution in [0, 0.1) is 11.6 Å². The summed E-state index contributed by atoms with van der Waals surface area (Å²) in [6.07, 6.45) is 0. The Balaban J connectivity index is 2.74. The van der Waals surface area contributed by atoms with Gasteiger partial charge in [0.1, 0.15) is 16.8 Å². The van der Waals surface area contributed by atoms with Gasteiger partial charge in [-0.1, -0.05) is 6.07 Å². The van der Waals surface area contributed by atoms with Crippen molar-refractivity contribution in [2.24, 2.45) is 0 Å². The van der Waals surface area contributed by atoms with Gasteiger partial charge in [0.2, 0.25) is 10.0 Å². The quantitative estimate of drug-likeness (QED) is 0.831. The summed E-state index contributed by atoms with van der Waals surface area (Å²) in [5.41, 5.74) is 0.0603. The third-order valence-corrected chi connectivity index (χ3v) is 3.37. The summed E-state index contributed by atoms with van der Waals surface area (Å²) in [5.74, 6) is -1.51. The highest BCUT2D eigenvalue weighted by Crippen LogP contribution is 2.09. The van der Waals surface area contributed by atoms with Gasteiger partial charge in [-0.15, -0.1) is 11.6 Å². The number of nitrogens with one attached hydrogen (secondary N) is 1. The highest BCUT2D eigenvalue weighted by atomic mass is 35.5. The van der Waals surface area contributed by atoms with Crippen LogP contribution in [0.2, 0.25) is 0 Å². The first-order valence-electron chi connectivity index (χ1n) is 3.92. The van der Waals surface area contributed by atoms with Gasteiger partial charge in [0.25, 0.3) is 0 Å². The molecule has 0 spiro atoms. The number of hydrogen-bond acceptors (Lipinski definition) is 2. The zero-order chi connectivity index (χ0) is 11.5. The van der Waals surface area contributed by atoms with Crippen molar-refractivity contribution in [3.05, 3.63) is 35.4 Å². The third-order valence-electron chi connectivity index (χ3n) is 1.64. The summed E-state index contributed by atoms with van der Waals surface area (Å²) in [5, 5.41) is -0.601. The van der Waals surface area contributed by atoms with Crippen LogP contribution in [0.1, 0.15) is 5.56 Å². The van der Waals surface area contributed by atoms with Crippen molar-refractivity contribution >= 4 is 21.6 Å². The van der Waals surface area contributed by atoms with E-state index in [-0.39, 0.29) is 12.1 Å². The van der Waals surface area contributed by atoms with Gasteiger partial charge in [-0.25, -0.2) is 21.9 Å². The highest BCUT2D eigenvalue weighted by Gasteiger charge is 2.09. The normalized spacial score (nSPS) is 11.7. The Bertz CT molecular complexity index is 450. The van der Waals surface area contributed by atoms with Crippen molar-refractivity contribution in [3.8, 4) is 0 Å². The molecule has 0 fully saturated rings. The molecular formula is C8H8ClF2NO2S. The fraction of sp³-hybridized carbons (Fsp3) is 0.250. The fourth-order valence-corrected chi connectivity index (χ4v) is 1.58. The van der Waals surface area contributed by atoms with Crippen molar-refractivity contribution < 1.29 is 17.2 Å². The highest BCUT2D eigenvalue weighted by molar-refractivity contribution is 7.90. The van der Waals surface area contributed by atoms with Crippen LogP contribution in [0.15, 0.2) is 18.2 Å². The minimum Gasteiger partial charge on any atom is -0.211 e. The maximum Gasteiger partial charge on any atom is 0.225 e. The lowest BCUT2D eigenvalue weighted by atomic mass is 10.2. The lowest BCUT2D eigenvalue weighted by Gasteiger charge is -2.04. The van der Waals surface area contributed by atoms with Gasteiger partial charge in [-0.2, -0.15) is 0 Å². The van der Waals surface area contributed by atoms with Gasteiger partial charge in [0, 0.05) is 18.2 Å². The first-order valence-corrected chi connectivity index (χ1v) is 6.10. The van der Waals surface area contributed by atoms with E-state index in [9.17, 15) is 17.2 Å². The van der Waals surface area contributed by atoms with Crippen LogP contribution in [-0.2, 0) is 16.6 Å². The predicted molar refractivity (Wildman–Crippen MR) is 52.8 cm³/mol. The number of hydrogen-bond donors (Lipinski definition) is 1. The number of benzene rings is 1. The molecule has 0 saturated heterocycles. The summed E-state index contributed by atoms with van der Waals surface area (Å²) < 4.78 is 49.4. The zero-order valence-corrected chi connectivity index (χ0v) is 9.08. The molecule has 3 nitrogen and oxygen atoms in total. The molecule has 0 amide bonds. The molecule has 0 aliphatic rings. The van der Waals surface area contributed by atoms with Gasteiger partial charge < -0.3 is 0 Å². The van der Waals surface area contributed by atoms with E-state index in [1.165, 1.54) is 6.07 Å². The maximum absolute atomic E-state index is 13.0. The molecule has 0 bridgehead atoms. The average molecular weight is 256 g/mol. The van der Waals surface area contributed by atoms with E-state index in [0.29, 0.717) is 6.07 Å². The molecular weight excluding hydrogens is 248 g/mol. The van der Waals surface area contributed by atoms with E-state index in [4.69, 9.17) is 11.6 Å². The van der Waals surface area contributed by atoms with E-state index in [2.05, 4.69) is 4.72 Å². The minimum atomic E-state index is -3.59. The van der Waals surface area contributed by atoms with Crippen molar-refractivity contribution in [1.29, 1.82) is 0 Å². The molecule has 0 aliphatic heterocycles. The van der Waals surface area contributed by atoms with Crippen LogP contribution in [0.3, 0.4) is 0 Å². The van der Waals surface area contributed by atoms with Crippen LogP contribution in [0.4, 0.5) is 8.78 Å². The Labute approximate surface area is 91.1 Å². The van der Waals surface area contributed by atoms with Crippen molar-refractivity contribution in [2.45, 2.75) is 6.54 Å². The Hall–Kier alpha value is -0.720. The van der Waals surface area contributed by atoms with Crippen LogP contribution in [-0.4, -0.2) is 13.6 Å². The SMILES string of the molecule is O=S(=O)(CCl)NCc1ccc(F)cc1F. The molecule has 0 unspecified atom stereocenters. The Morgan fingerprint density at radius 2 is 2.00 bits per heavy atom. The van der Waals surface area contributed by atoms with Gasteiger partial charge >= 0.3 is 0 Å². The second-order valence-electron chi connectivity index (χ2n) is 2.78. The molecule has 0 aromatic heterocycles. The number of halogens is 3. The topological polar surface area (TPSA) is 46.2 Å². The number of alkyl halides is 1. The van der Waals surface area contributed by atoms with Gasteiger partial charge in [0.05, 0.1) is 0 Å². The maximum atomic E-state index is 13.0. The van der Waals surface area contributed by atoms with Crippen LogP contribution < -0.4 is 4.72 Å². The fourth-order valence-electron chi connectivity index (χ4n) is 0.891. The second-order valence-corrected chi connectivity index (χ2v) is 5.17. The summed E-state index contributed by atoms with van der Waals surface area (Å²) in [7, 11) is -3.59. The summed E-state index contributed by atoms with van der Waals surface area (Å²) in [6, 6.07) is 2.90. The predicted octanol–water partition coefficient (Wildman–Crippen LogP) is 1.58. The molecule has 0 atom stereocenters. The van der Waals surface area contributed by atoms with E-state index in [1.54, 1.807) is 0 Å². The molecule has 1 aromatic carbocycles. The molecule has 0 radical (unpaired) electrons. The Morgan fingerprint density at radius 3 is 2.53 bits per heavy atom. The average Bonchev–Trinajstić information content (AvgIpc) is 2.16. The van der Waals surface area contributed by atoms with Crippen LogP contribution in [0.5, 0.6) is 0 Å². The third kappa shape index (κ3) is 3.73. The van der Waals surface area contributed by atoms with E-state index in [1.807, 2.05) is 0 Å². The zero-order valence-electron chi connectivity index (χ0n) is 7.50. The Morgan fingerprint density at radius 1 is 1.33 bits per heavy atom. The van der Waals surface area contributed by atoms with Gasteiger partial charge in [-0.3, -0.25) is 0 Å². The summed E-state index contributed by atoms with van der Waals surface area (Å²) >= 11 is 5.12.